The van der Waals surface area contributed by atoms with Crippen molar-refractivity contribution in [3.8, 4) is 5.75 Å². The van der Waals surface area contributed by atoms with Crippen LogP contribution in [0.3, 0.4) is 0 Å². The molecule has 0 amide bonds. The number of ether oxygens (including phenoxy) is 1. The first kappa shape index (κ1) is 17.7. The van der Waals surface area contributed by atoms with Crippen molar-refractivity contribution >= 4 is 24.2 Å². The van der Waals surface area contributed by atoms with E-state index in [1.54, 1.807) is 6.92 Å². The molecule has 0 spiro atoms. The summed E-state index contributed by atoms with van der Waals surface area (Å²) in [5.74, 6) is 0.684. The van der Waals surface area contributed by atoms with Gasteiger partial charge in [0, 0.05) is 4.47 Å². The fourth-order valence-electron chi connectivity index (χ4n) is 1.36. The van der Waals surface area contributed by atoms with E-state index in [1.165, 1.54) is 0 Å². The highest BCUT2D eigenvalue weighted by molar-refractivity contribution is 9.10. The second-order valence-corrected chi connectivity index (χ2v) is 12.2. The summed E-state index contributed by atoms with van der Waals surface area (Å²) < 4.78 is 12.9. The van der Waals surface area contributed by atoms with E-state index in [0.717, 1.165) is 4.47 Å². The van der Waals surface area contributed by atoms with Crippen molar-refractivity contribution in [2.24, 2.45) is 0 Å². The van der Waals surface area contributed by atoms with Crippen LogP contribution in [0.1, 0.15) is 27.7 Å². The number of aliphatic hydroxyl groups is 1. The lowest BCUT2D eigenvalue weighted by molar-refractivity contribution is -0.0859. The summed E-state index contributed by atoms with van der Waals surface area (Å²) in [5.41, 5.74) is 0. The highest BCUT2D eigenvalue weighted by Crippen LogP contribution is 2.38. The molecule has 0 aliphatic heterocycles. The van der Waals surface area contributed by atoms with Gasteiger partial charge in [-0.25, -0.2) is 0 Å². The van der Waals surface area contributed by atoms with Crippen LogP contribution in [0.4, 0.5) is 0 Å². The molecule has 0 heterocycles. The third kappa shape index (κ3) is 4.88. The van der Waals surface area contributed by atoms with Crippen LogP contribution in [0.5, 0.6) is 5.75 Å². The summed E-state index contributed by atoms with van der Waals surface area (Å²) in [5, 5.41) is 10.0. The third-order valence-corrected chi connectivity index (χ3v) is 8.59. The van der Waals surface area contributed by atoms with Gasteiger partial charge in [-0.1, -0.05) is 42.8 Å². The van der Waals surface area contributed by atoms with Gasteiger partial charge in [0.05, 0.1) is 0 Å². The minimum atomic E-state index is -1.99. The largest absolute Gasteiger partial charge is 0.463 e. The molecule has 1 aromatic carbocycles. The summed E-state index contributed by atoms with van der Waals surface area (Å²) in [6.45, 7) is 12.5. The van der Waals surface area contributed by atoms with Crippen molar-refractivity contribution in [1.29, 1.82) is 0 Å². The topological polar surface area (TPSA) is 38.7 Å². The number of aliphatic hydroxyl groups excluding tert-OH is 1. The minimum absolute atomic E-state index is 0.0702. The molecule has 2 unspecified atom stereocenters. The first-order valence-electron chi connectivity index (χ1n) is 6.81. The number of hydrogen-bond acceptors (Lipinski definition) is 3. The molecular weight excluding hydrogens is 336 g/mol. The molecule has 2 atom stereocenters. The first-order chi connectivity index (χ1) is 9.03. The third-order valence-electron chi connectivity index (χ3n) is 3.66. The van der Waals surface area contributed by atoms with Gasteiger partial charge in [-0.15, -0.1) is 0 Å². The Morgan fingerprint density at radius 1 is 1.25 bits per heavy atom. The van der Waals surface area contributed by atoms with Gasteiger partial charge in [0.25, 0.3) is 0 Å². The molecule has 0 aliphatic carbocycles. The number of benzene rings is 1. The van der Waals surface area contributed by atoms with Gasteiger partial charge in [-0.3, -0.25) is 0 Å². The fourth-order valence-corrected chi connectivity index (χ4v) is 2.92. The molecule has 0 saturated heterocycles. The molecule has 5 heteroatoms. The number of rotatable bonds is 5. The molecule has 20 heavy (non-hydrogen) atoms. The Morgan fingerprint density at radius 2 is 1.85 bits per heavy atom. The van der Waals surface area contributed by atoms with Crippen molar-refractivity contribution in [2.45, 2.75) is 58.2 Å². The summed E-state index contributed by atoms with van der Waals surface area (Å²) in [6.07, 6.45) is -1.34. The summed E-state index contributed by atoms with van der Waals surface area (Å²) in [4.78, 5) is 0. The van der Waals surface area contributed by atoms with E-state index in [2.05, 4.69) is 49.8 Å². The van der Waals surface area contributed by atoms with E-state index in [4.69, 9.17) is 9.16 Å². The Kier molecular flexibility index (Phi) is 5.84. The second-order valence-electron chi connectivity index (χ2n) is 6.56. The number of halogens is 1. The van der Waals surface area contributed by atoms with E-state index in [-0.39, 0.29) is 5.04 Å². The molecule has 0 aliphatic rings. The highest BCUT2D eigenvalue weighted by atomic mass is 79.9. The SMILES string of the molecule is CC(O)C(Oc1cccc(Br)c1)O[Si](C)(C)C(C)(C)C. The minimum Gasteiger partial charge on any atom is -0.463 e. The highest BCUT2D eigenvalue weighted by Gasteiger charge is 2.40. The molecule has 0 radical (unpaired) electrons. The summed E-state index contributed by atoms with van der Waals surface area (Å²) >= 11 is 3.41. The molecule has 1 N–H and O–H groups in total. The first-order valence-corrected chi connectivity index (χ1v) is 10.5. The van der Waals surface area contributed by atoms with E-state index >= 15 is 0 Å². The van der Waals surface area contributed by atoms with Gasteiger partial charge < -0.3 is 14.3 Å². The molecule has 0 saturated carbocycles. The molecule has 0 aromatic heterocycles. The van der Waals surface area contributed by atoms with E-state index in [1.807, 2.05) is 24.3 Å². The Balaban J connectivity index is 2.86. The van der Waals surface area contributed by atoms with Gasteiger partial charge >= 0.3 is 0 Å². The lowest BCUT2D eigenvalue weighted by atomic mass is 10.2. The van der Waals surface area contributed by atoms with E-state index in [0.29, 0.717) is 5.75 Å². The van der Waals surface area contributed by atoms with Crippen LogP contribution in [0.2, 0.25) is 18.1 Å². The molecule has 0 bridgehead atoms. The molecule has 1 rings (SSSR count). The van der Waals surface area contributed by atoms with Gasteiger partial charge in [0.15, 0.2) is 8.32 Å². The average Bonchev–Trinajstić information content (AvgIpc) is 2.26. The van der Waals surface area contributed by atoms with Crippen LogP contribution in [0, 0.1) is 0 Å². The second kappa shape index (κ2) is 6.60. The molecule has 3 nitrogen and oxygen atoms in total. The van der Waals surface area contributed by atoms with E-state index in [9.17, 15) is 5.11 Å². The maximum Gasteiger partial charge on any atom is 0.216 e. The Bertz CT molecular complexity index is 441. The van der Waals surface area contributed by atoms with Crippen molar-refractivity contribution in [2.75, 3.05) is 0 Å². The van der Waals surface area contributed by atoms with Crippen LogP contribution < -0.4 is 4.74 Å². The lowest BCUT2D eigenvalue weighted by Gasteiger charge is -2.39. The predicted molar refractivity (Wildman–Crippen MR) is 88.5 cm³/mol. The van der Waals surface area contributed by atoms with Gasteiger partial charge in [-0.05, 0) is 43.3 Å². The van der Waals surface area contributed by atoms with Crippen molar-refractivity contribution in [3.05, 3.63) is 28.7 Å². The monoisotopic (exact) mass is 360 g/mol. The normalized spacial score (nSPS) is 15.8. The van der Waals surface area contributed by atoms with E-state index < -0.39 is 20.7 Å². The maximum atomic E-state index is 9.93. The van der Waals surface area contributed by atoms with Gasteiger partial charge in [-0.2, -0.15) is 0 Å². The zero-order valence-electron chi connectivity index (χ0n) is 13.1. The molecular formula is C15H25BrO3Si. The van der Waals surface area contributed by atoms with Crippen molar-refractivity contribution in [1.82, 2.24) is 0 Å². The van der Waals surface area contributed by atoms with Crippen LogP contribution in [-0.4, -0.2) is 25.8 Å². The van der Waals surface area contributed by atoms with Crippen LogP contribution in [0.25, 0.3) is 0 Å². The lowest BCUT2D eigenvalue weighted by Crippen LogP contribution is -2.48. The number of hydrogen-bond donors (Lipinski definition) is 1. The molecule has 114 valence electrons. The predicted octanol–water partition coefficient (Wildman–Crippen LogP) is 4.56. The van der Waals surface area contributed by atoms with Crippen LogP contribution >= 0.6 is 15.9 Å². The Morgan fingerprint density at radius 3 is 2.30 bits per heavy atom. The van der Waals surface area contributed by atoms with Crippen molar-refractivity contribution < 1.29 is 14.3 Å². The smallest absolute Gasteiger partial charge is 0.216 e. The Labute approximate surface area is 131 Å². The van der Waals surface area contributed by atoms with Crippen LogP contribution in [-0.2, 0) is 4.43 Å². The van der Waals surface area contributed by atoms with Gasteiger partial charge in [0.2, 0.25) is 6.29 Å². The van der Waals surface area contributed by atoms with Crippen molar-refractivity contribution in [3.63, 3.8) is 0 Å². The Hall–Kier alpha value is -0.363. The molecule has 1 aromatic rings. The zero-order chi connectivity index (χ0) is 15.6. The summed E-state index contributed by atoms with van der Waals surface area (Å²) in [7, 11) is -1.99. The van der Waals surface area contributed by atoms with Gasteiger partial charge in [0.1, 0.15) is 11.9 Å². The zero-order valence-corrected chi connectivity index (χ0v) is 15.7. The molecule has 0 fully saturated rings. The standard InChI is InChI=1S/C15H25BrO3Si/c1-11(17)14(19-20(5,6)15(2,3)4)18-13-9-7-8-12(16)10-13/h7-11,14,17H,1-6H3. The van der Waals surface area contributed by atoms with Crippen LogP contribution in [0.15, 0.2) is 28.7 Å². The summed E-state index contributed by atoms with van der Waals surface area (Å²) in [6, 6.07) is 7.54. The fraction of sp³-hybridized carbons (Fsp3) is 0.600. The maximum absolute atomic E-state index is 9.93. The quantitative estimate of drug-likeness (QED) is 0.617. The average molecular weight is 361 g/mol.